The van der Waals surface area contributed by atoms with Crippen molar-refractivity contribution in [3.8, 4) is 0 Å². The molecule has 0 radical (unpaired) electrons. The summed E-state index contributed by atoms with van der Waals surface area (Å²) in [5.74, 6) is -1.26. The number of thiophene rings is 1. The van der Waals surface area contributed by atoms with Gasteiger partial charge in [-0.05, 0) is 22.0 Å². The van der Waals surface area contributed by atoms with Gasteiger partial charge in [0.2, 0.25) is 5.91 Å². The van der Waals surface area contributed by atoms with Crippen LogP contribution < -0.4 is 5.32 Å². The minimum absolute atomic E-state index is 0.161. The van der Waals surface area contributed by atoms with E-state index < -0.39 is 34.3 Å². The predicted molar refractivity (Wildman–Crippen MR) is 76.9 cm³/mol. The number of rotatable bonds is 2. The second-order valence-electron chi connectivity index (χ2n) is 4.19. The monoisotopic (exact) mass is 392 g/mol. The van der Waals surface area contributed by atoms with Gasteiger partial charge in [0.15, 0.2) is 4.21 Å². The molecule has 2 heterocycles. The first kappa shape index (κ1) is 14.4. The van der Waals surface area contributed by atoms with Crippen LogP contribution >= 0.6 is 27.3 Å². The van der Waals surface area contributed by atoms with Gasteiger partial charge in [0.1, 0.15) is 12.4 Å². The van der Waals surface area contributed by atoms with Gasteiger partial charge < -0.3 is 0 Å². The highest BCUT2D eigenvalue weighted by Crippen LogP contribution is 2.41. The Hall–Kier alpha value is -1.52. The maximum Gasteiger partial charge on any atom is 0.338 e. The highest BCUT2D eigenvalue weighted by molar-refractivity contribution is 9.10. The lowest BCUT2D eigenvalue weighted by Crippen LogP contribution is -2.33. The highest BCUT2D eigenvalue weighted by atomic mass is 79.9. The van der Waals surface area contributed by atoms with Crippen molar-refractivity contribution in [3.05, 3.63) is 28.5 Å². The molecule has 0 spiro atoms. The Kier molecular flexibility index (Phi) is 3.26. The molecule has 1 aliphatic heterocycles. The number of amides is 3. The topological polar surface area (TPSA) is 83.6 Å². The van der Waals surface area contributed by atoms with Crippen LogP contribution in [0.25, 0.3) is 10.1 Å². The highest BCUT2D eigenvalue weighted by Gasteiger charge is 2.39. The standard InChI is InChI=1S/C11H6BrFN2O4S2/c12-8-5-2-1-3-6(13)9(5)20-10(8)21(18,19)15-4-7(16)14-11(15)17/h1-3H,4H2,(H,14,16,17). The molecular weight excluding hydrogens is 387 g/mol. The Labute approximate surface area is 130 Å². The van der Waals surface area contributed by atoms with E-state index in [2.05, 4.69) is 15.9 Å². The smallest absolute Gasteiger partial charge is 0.275 e. The van der Waals surface area contributed by atoms with Gasteiger partial charge in [0.05, 0.1) is 9.17 Å². The number of urea groups is 1. The zero-order chi connectivity index (χ0) is 15.4. The molecule has 0 unspecified atom stereocenters. The molecule has 1 N–H and O–H groups in total. The summed E-state index contributed by atoms with van der Waals surface area (Å²) in [6, 6.07) is 3.23. The first-order chi connectivity index (χ1) is 9.82. The molecule has 3 amide bonds. The lowest BCUT2D eigenvalue weighted by Gasteiger charge is -2.12. The van der Waals surface area contributed by atoms with E-state index in [1.807, 2.05) is 5.32 Å². The van der Waals surface area contributed by atoms with Crippen molar-refractivity contribution < 1.29 is 22.4 Å². The molecular formula is C11H6BrFN2O4S2. The number of halogens is 2. The number of benzene rings is 1. The number of fused-ring (bicyclic) bond motifs is 1. The van der Waals surface area contributed by atoms with Crippen molar-refractivity contribution in [2.45, 2.75) is 4.21 Å². The molecule has 1 aromatic carbocycles. The van der Waals surface area contributed by atoms with Gasteiger partial charge in [0.25, 0.3) is 10.0 Å². The van der Waals surface area contributed by atoms with Crippen LogP contribution in [0.5, 0.6) is 0 Å². The number of imide groups is 1. The maximum absolute atomic E-state index is 13.7. The lowest BCUT2D eigenvalue weighted by atomic mass is 10.3. The van der Waals surface area contributed by atoms with Crippen LogP contribution in [0, 0.1) is 5.82 Å². The van der Waals surface area contributed by atoms with E-state index in [4.69, 9.17) is 0 Å². The molecule has 10 heteroatoms. The second-order valence-corrected chi connectivity index (χ2v) is 8.06. The number of nitrogens with zero attached hydrogens (tertiary/aromatic N) is 1. The Balaban J connectivity index is 2.20. The van der Waals surface area contributed by atoms with Crippen molar-refractivity contribution in [3.63, 3.8) is 0 Å². The van der Waals surface area contributed by atoms with E-state index in [1.54, 1.807) is 6.07 Å². The van der Waals surface area contributed by atoms with E-state index >= 15 is 0 Å². The van der Waals surface area contributed by atoms with E-state index in [0.29, 0.717) is 21.0 Å². The van der Waals surface area contributed by atoms with E-state index in [0.717, 1.165) is 0 Å². The third-order valence-corrected chi connectivity index (χ3v) is 7.65. The maximum atomic E-state index is 13.7. The van der Waals surface area contributed by atoms with E-state index in [-0.39, 0.29) is 13.4 Å². The minimum atomic E-state index is -4.22. The van der Waals surface area contributed by atoms with Crippen molar-refractivity contribution in [1.82, 2.24) is 9.62 Å². The van der Waals surface area contributed by atoms with Gasteiger partial charge in [0, 0.05) is 5.39 Å². The Bertz CT molecular complexity index is 893. The van der Waals surface area contributed by atoms with Gasteiger partial charge in [-0.2, -0.15) is 8.42 Å². The number of hydrogen-bond acceptors (Lipinski definition) is 5. The van der Waals surface area contributed by atoms with Crippen molar-refractivity contribution in [1.29, 1.82) is 0 Å². The molecule has 6 nitrogen and oxygen atoms in total. The third-order valence-electron chi connectivity index (χ3n) is 2.86. The molecule has 3 rings (SSSR count). The van der Waals surface area contributed by atoms with Gasteiger partial charge >= 0.3 is 6.03 Å². The number of nitrogens with one attached hydrogen (secondary N) is 1. The Morgan fingerprint density at radius 3 is 2.62 bits per heavy atom. The molecule has 2 aromatic rings. The first-order valence-electron chi connectivity index (χ1n) is 5.55. The van der Waals surface area contributed by atoms with Gasteiger partial charge in [-0.1, -0.05) is 12.1 Å². The SMILES string of the molecule is O=C1CN(S(=O)(=O)c2sc3c(F)cccc3c2Br)C(=O)N1. The van der Waals surface area contributed by atoms with E-state index in [9.17, 15) is 22.4 Å². The average molecular weight is 393 g/mol. The number of hydrogen-bond donors (Lipinski definition) is 1. The summed E-state index contributed by atoms with van der Waals surface area (Å²) in [5.41, 5.74) is 0. The summed E-state index contributed by atoms with van der Waals surface area (Å²) in [6.07, 6.45) is 0. The molecule has 1 aliphatic rings. The summed E-state index contributed by atoms with van der Waals surface area (Å²) >= 11 is 3.83. The average Bonchev–Trinajstić information content (AvgIpc) is 2.92. The summed E-state index contributed by atoms with van der Waals surface area (Å²) in [7, 11) is -4.22. The number of sulfonamides is 1. The second kappa shape index (κ2) is 4.75. The van der Waals surface area contributed by atoms with Gasteiger partial charge in [-0.25, -0.2) is 13.5 Å². The lowest BCUT2D eigenvalue weighted by molar-refractivity contribution is -0.118. The van der Waals surface area contributed by atoms with Crippen molar-refractivity contribution in [2.24, 2.45) is 0 Å². The Morgan fingerprint density at radius 2 is 2.05 bits per heavy atom. The van der Waals surface area contributed by atoms with Crippen molar-refractivity contribution in [2.75, 3.05) is 6.54 Å². The zero-order valence-electron chi connectivity index (χ0n) is 10.1. The van der Waals surface area contributed by atoms with Crippen LogP contribution in [0.4, 0.5) is 9.18 Å². The summed E-state index contributed by atoms with van der Waals surface area (Å²) < 4.78 is 39.2. The summed E-state index contributed by atoms with van der Waals surface area (Å²) in [4.78, 5) is 22.7. The van der Waals surface area contributed by atoms with Crippen LogP contribution in [0.1, 0.15) is 0 Å². The van der Waals surface area contributed by atoms with Crippen LogP contribution in [-0.4, -0.2) is 31.2 Å². The quantitative estimate of drug-likeness (QED) is 0.792. The molecule has 0 aliphatic carbocycles. The summed E-state index contributed by atoms with van der Waals surface area (Å²) in [5, 5.41) is 2.28. The summed E-state index contributed by atoms with van der Waals surface area (Å²) in [6.45, 7) is -0.579. The Morgan fingerprint density at radius 1 is 1.33 bits per heavy atom. The zero-order valence-corrected chi connectivity index (χ0v) is 13.3. The molecule has 0 bridgehead atoms. The molecule has 0 atom stereocenters. The predicted octanol–water partition coefficient (Wildman–Crippen LogP) is 2.04. The van der Waals surface area contributed by atoms with E-state index in [1.165, 1.54) is 12.1 Å². The van der Waals surface area contributed by atoms with Gasteiger partial charge in [-0.3, -0.25) is 10.1 Å². The third kappa shape index (κ3) is 2.14. The largest absolute Gasteiger partial charge is 0.338 e. The van der Waals surface area contributed by atoms with Crippen molar-refractivity contribution >= 4 is 59.3 Å². The molecule has 0 saturated carbocycles. The van der Waals surface area contributed by atoms with Crippen LogP contribution in [0.3, 0.4) is 0 Å². The number of carbonyl (C=O) groups is 2. The molecule has 1 fully saturated rings. The normalized spacial score (nSPS) is 15.8. The fourth-order valence-corrected chi connectivity index (χ4v) is 6.09. The molecule has 1 aromatic heterocycles. The molecule has 1 saturated heterocycles. The fourth-order valence-electron chi connectivity index (χ4n) is 1.92. The van der Waals surface area contributed by atoms with Crippen LogP contribution in [-0.2, 0) is 14.8 Å². The van der Waals surface area contributed by atoms with Gasteiger partial charge in [-0.15, -0.1) is 11.3 Å². The van der Waals surface area contributed by atoms with Crippen LogP contribution in [0.2, 0.25) is 0 Å². The fraction of sp³-hybridized carbons (Fsp3) is 0.0909. The minimum Gasteiger partial charge on any atom is -0.275 e. The molecule has 110 valence electrons. The first-order valence-corrected chi connectivity index (χ1v) is 8.60. The molecule has 21 heavy (non-hydrogen) atoms. The van der Waals surface area contributed by atoms with Crippen LogP contribution in [0.15, 0.2) is 26.9 Å². The number of carbonyl (C=O) groups excluding carboxylic acids is 2.